The Hall–Kier alpha value is -3.52. The molecule has 1 fully saturated rings. The minimum absolute atomic E-state index is 0.0939. The fraction of sp³-hybridized carbons (Fsp3) is 0.261. The Bertz CT molecular complexity index is 1110. The molecule has 1 saturated heterocycles. The van der Waals surface area contributed by atoms with E-state index in [1.807, 2.05) is 19.1 Å². The van der Waals surface area contributed by atoms with Crippen LogP contribution >= 0.6 is 11.6 Å². The summed E-state index contributed by atoms with van der Waals surface area (Å²) >= 11 is 5.93. The maximum absolute atomic E-state index is 13.4. The number of hydrogen-bond donors (Lipinski definition) is 0. The van der Waals surface area contributed by atoms with Crippen LogP contribution < -0.4 is 0 Å². The van der Waals surface area contributed by atoms with E-state index in [0.717, 1.165) is 10.0 Å². The molecule has 8 nitrogen and oxygen atoms in total. The summed E-state index contributed by atoms with van der Waals surface area (Å²) in [5.74, 6) is -2.53. The zero-order chi connectivity index (χ0) is 23.0. The number of non-ortho nitro benzene ring substituents is 1. The normalized spacial score (nSPS) is 22.1. The quantitative estimate of drug-likeness (QED) is 0.295. The maximum atomic E-state index is 13.4. The van der Waals surface area contributed by atoms with E-state index in [1.54, 1.807) is 12.1 Å². The van der Waals surface area contributed by atoms with Crippen molar-refractivity contribution in [2.24, 2.45) is 17.8 Å². The Morgan fingerprint density at radius 2 is 1.78 bits per heavy atom. The van der Waals surface area contributed by atoms with Gasteiger partial charge in [-0.05, 0) is 42.2 Å². The van der Waals surface area contributed by atoms with Crippen molar-refractivity contribution in [3.63, 3.8) is 0 Å². The third kappa shape index (κ3) is 3.89. The number of carbonyl (C=O) groups is 3. The van der Waals surface area contributed by atoms with Gasteiger partial charge in [0.25, 0.3) is 23.4 Å². The predicted molar refractivity (Wildman–Crippen MR) is 116 cm³/mol. The lowest BCUT2D eigenvalue weighted by Crippen LogP contribution is -2.50. The number of carbonyl (C=O) groups excluding carboxylic acids is 3. The molecule has 4 rings (SSSR count). The van der Waals surface area contributed by atoms with Crippen molar-refractivity contribution in [3.8, 4) is 0 Å². The second-order valence-electron chi connectivity index (χ2n) is 7.94. The number of rotatable bonds is 5. The molecule has 2 aromatic rings. The standard InChI is InChI=1S/C23H20ClN3O5/c1-14-3-2-4-19-20(14)23(30)26(22(19)29)25(21(28)16-7-9-17(24)10-8-16)13-15-5-11-18(12-6-15)27(31)32/h2-3,5-12,14,19-20H,4,13H2,1H3/t14-,19+,20+/m1/s1. The molecule has 1 heterocycles. The number of amides is 3. The number of halogens is 1. The third-order valence-electron chi connectivity index (χ3n) is 5.90. The summed E-state index contributed by atoms with van der Waals surface area (Å²) in [6.07, 6.45) is 4.25. The van der Waals surface area contributed by atoms with Gasteiger partial charge in [-0.15, -0.1) is 0 Å². The maximum Gasteiger partial charge on any atom is 0.273 e. The molecule has 0 saturated carbocycles. The molecule has 0 spiro atoms. The molecule has 1 aliphatic heterocycles. The Balaban J connectivity index is 1.71. The van der Waals surface area contributed by atoms with E-state index < -0.39 is 34.5 Å². The van der Waals surface area contributed by atoms with E-state index in [1.165, 1.54) is 36.4 Å². The van der Waals surface area contributed by atoms with Crippen molar-refractivity contribution in [2.45, 2.75) is 19.9 Å². The number of allylic oxidation sites excluding steroid dienone is 2. The van der Waals surface area contributed by atoms with Gasteiger partial charge in [0, 0.05) is 22.7 Å². The fourth-order valence-electron chi connectivity index (χ4n) is 4.24. The predicted octanol–water partition coefficient (Wildman–Crippen LogP) is 4.00. The molecule has 0 unspecified atom stereocenters. The molecule has 0 N–H and O–H groups in total. The van der Waals surface area contributed by atoms with Gasteiger partial charge in [-0.2, -0.15) is 5.01 Å². The van der Waals surface area contributed by atoms with Crippen LogP contribution in [0.15, 0.2) is 60.7 Å². The summed E-state index contributed by atoms with van der Waals surface area (Å²) < 4.78 is 0. The van der Waals surface area contributed by atoms with Crippen LogP contribution in [0.3, 0.4) is 0 Å². The van der Waals surface area contributed by atoms with Crippen molar-refractivity contribution < 1.29 is 19.3 Å². The van der Waals surface area contributed by atoms with E-state index in [2.05, 4.69) is 0 Å². The monoisotopic (exact) mass is 453 g/mol. The van der Waals surface area contributed by atoms with Crippen LogP contribution in [0.1, 0.15) is 29.3 Å². The highest BCUT2D eigenvalue weighted by Gasteiger charge is 2.53. The largest absolute Gasteiger partial charge is 0.273 e. The molecule has 0 bridgehead atoms. The molecule has 3 amide bonds. The van der Waals surface area contributed by atoms with E-state index in [0.29, 0.717) is 17.0 Å². The third-order valence-corrected chi connectivity index (χ3v) is 6.15. The molecule has 2 aromatic carbocycles. The van der Waals surface area contributed by atoms with Gasteiger partial charge in [0.05, 0.1) is 23.3 Å². The molecule has 2 aliphatic rings. The van der Waals surface area contributed by atoms with Crippen LogP contribution in [0, 0.1) is 27.9 Å². The summed E-state index contributed by atoms with van der Waals surface area (Å²) in [5.41, 5.74) is 0.709. The highest BCUT2D eigenvalue weighted by atomic mass is 35.5. The number of imide groups is 1. The molecule has 0 aromatic heterocycles. The van der Waals surface area contributed by atoms with Crippen LogP contribution in [0.5, 0.6) is 0 Å². The molecular formula is C23H20ClN3O5. The second-order valence-corrected chi connectivity index (χ2v) is 8.37. The van der Waals surface area contributed by atoms with Gasteiger partial charge in [-0.1, -0.05) is 42.8 Å². The van der Waals surface area contributed by atoms with Crippen molar-refractivity contribution in [3.05, 3.63) is 86.9 Å². The zero-order valence-electron chi connectivity index (χ0n) is 17.2. The molecule has 1 aliphatic carbocycles. The average Bonchev–Trinajstić information content (AvgIpc) is 3.03. The number of nitrogens with zero attached hydrogens (tertiary/aromatic N) is 3. The molecule has 164 valence electrons. The van der Waals surface area contributed by atoms with Gasteiger partial charge in [-0.3, -0.25) is 24.5 Å². The molecular weight excluding hydrogens is 434 g/mol. The van der Waals surface area contributed by atoms with Crippen LogP contribution in [0.25, 0.3) is 0 Å². The summed E-state index contributed by atoms with van der Waals surface area (Å²) in [7, 11) is 0. The Morgan fingerprint density at radius 1 is 1.12 bits per heavy atom. The minimum atomic E-state index is -0.541. The first-order chi connectivity index (χ1) is 15.3. The first-order valence-electron chi connectivity index (χ1n) is 10.1. The topological polar surface area (TPSA) is 101 Å². The highest BCUT2D eigenvalue weighted by Crippen LogP contribution is 2.39. The van der Waals surface area contributed by atoms with Crippen molar-refractivity contribution >= 4 is 35.0 Å². The van der Waals surface area contributed by atoms with Gasteiger partial charge in [0.15, 0.2) is 0 Å². The number of hydrazine groups is 1. The minimum Gasteiger partial charge on any atom is -0.272 e. The number of fused-ring (bicyclic) bond motifs is 1. The van der Waals surface area contributed by atoms with Crippen LogP contribution in [0.4, 0.5) is 5.69 Å². The van der Waals surface area contributed by atoms with Crippen molar-refractivity contribution in [2.75, 3.05) is 0 Å². The first-order valence-corrected chi connectivity index (χ1v) is 10.5. The van der Waals surface area contributed by atoms with Crippen LogP contribution in [-0.2, 0) is 16.1 Å². The SMILES string of the molecule is C[C@@H]1C=CC[C@@H]2C(=O)N(N(Cc3ccc([N+](=O)[O-])cc3)C(=O)c3ccc(Cl)cc3)C(=O)[C@@H]12. The van der Waals surface area contributed by atoms with Crippen LogP contribution in [-0.4, -0.2) is 32.7 Å². The van der Waals surface area contributed by atoms with E-state index in [9.17, 15) is 24.5 Å². The number of benzene rings is 2. The van der Waals surface area contributed by atoms with Gasteiger partial charge in [-0.25, -0.2) is 5.01 Å². The number of nitro benzene ring substituents is 1. The lowest BCUT2D eigenvalue weighted by Gasteiger charge is -2.31. The molecule has 32 heavy (non-hydrogen) atoms. The number of hydrogen-bond acceptors (Lipinski definition) is 5. The van der Waals surface area contributed by atoms with E-state index >= 15 is 0 Å². The second kappa shape index (κ2) is 8.55. The fourth-order valence-corrected chi connectivity index (χ4v) is 4.37. The summed E-state index contributed by atoms with van der Waals surface area (Å²) in [6, 6.07) is 11.8. The summed E-state index contributed by atoms with van der Waals surface area (Å²) in [6.45, 7) is 1.78. The molecule has 3 atom stereocenters. The smallest absolute Gasteiger partial charge is 0.272 e. The van der Waals surface area contributed by atoms with Crippen molar-refractivity contribution in [1.82, 2.24) is 10.0 Å². The summed E-state index contributed by atoms with van der Waals surface area (Å²) in [5, 5.41) is 13.5. The molecule has 9 heteroatoms. The van der Waals surface area contributed by atoms with Gasteiger partial charge in [0.1, 0.15) is 0 Å². The highest BCUT2D eigenvalue weighted by molar-refractivity contribution is 6.30. The Kier molecular flexibility index (Phi) is 5.80. The molecule has 0 radical (unpaired) electrons. The van der Waals surface area contributed by atoms with Gasteiger partial charge in [0.2, 0.25) is 0 Å². The van der Waals surface area contributed by atoms with Crippen LogP contribution in [0.2, 0.25) is 5.02 Å². The number of nitro groups is 1. The Morgan fingerprint density at radius 3 is 2.38 bits per heavy atom. The van der Waals surface area contributed by atoms with Crippen molar-refractivity contribution in [1.29, 1.82) is 0 Å². The Labute approximate surface area is 189 Å². The van der Waals surface area contributed by atoms with Gasteiger partial charge >= 0.3 is 0 Å². The summed E-state index contributed by atoms with van der Waals surface area (Å²) in [4.78, 5) is 50.4. The first kappa shape index (κ1) is 21.7. The zero-order valence-corrected chi connectivity index (χ0v) is 17.9. The van der Waals surface area contributed by atoms with E-state index in [4.69, 9.17) is 11.6 Å². The lowest BCUT2D eigenvalue weighted by molar-refractivity contribution is -0.384. The lowest BCUT2D eigenvalue weighted by atomic mass is 9.78. The van der Waals surface area contributed by atoms with Gasteiger partial charge < -0.3 is 0 Å². The van der Waals surface area contributed by atoms with E-state index in [-0.39, 0.29) is 23.7 Å². The average molecular weight is 454 g/mol.